The minimum atomic E-state index is -0.265. The van der Waals surface area contributed by atoms with Gasteiger partial charge in [-0.15, -0.1) is 11.8 Å². The van der Waals surface area contributed by atoms with E-state index in [9.17, 15) is 4.79 Å². The second kappa shape index (κ2) is 8.60. The molecule has 6 heteroatoms. The number of carbonyl (C=O) groups is 1. The lowest BCUT2D eigenvalue weighted by molar-refractivity contribution is -0.120. The number of nitrogens with one attached hydrogen (secondary N) is 1. The number of hydrogen-bond acceptors (Lipinski definition) is 4. The second-order valence-corrected chi connectivity index (χ2v) is 6.58. The molecule has 4 nitrogen and oxygen atoms in total. The Labute approximate surface area is 144 Å². The molecular weight excluding hydrogens is 332 g/mol. The summed E-state index contributed by atoms with van der Waals surface area (Å²) < 4.78 is 5.13. The standard InChI is InChI=1S/C17H17ClN2O2S/c1-12(23-16-8-6-14(18)7-9-16)17(21)20-19-11-13-4-3-5-15(10-13)22-2/h3-12H,1-2H3,(H,20,21)/b19-11-/t12-/m1/s1. The van der Waals surface area contributed by atoms with E-state index in [4.69, 9.17) is 16.3 Å². The number of benzene rings is 2. The first-order valence-corrected chi connectivity index (χ1v) is 8.23. The largest absolute Gasteiger partial charge is 0.497 e. The van der Waals surface area contributed by atoms with Crippen LogP contribution in [-0.2, 0) is 4.79 Å². The van der Waals surface area contributed by atoms with E-state index in [0.717, 1.165) is 16.2 Å². The van der Waals surface area contributed by atoms with E-state index in [1.807, 2.05) is 43.3 Å². The molecule has 0 saturated heterocycles. The Morgan fingerprint density at radius 3 is 2.74 bits per heavy atom. The molecule has 0 bridgehead atoms. The van der Waals surface area contributed by atoms with Crippen molar-refractivity contribution >= 4 is 35.5 Å². The molecule has 0 fully saturated rings. The summed E-state index contributed by atoms with van der Waals surface area (Å²) in [6.45, 7) is 1.83. The molecule has 0 heterocycles. The van der Waals surface area contributed by atoms with Gasteiger partial charge >= 0.3 is 0 Å². The van der Waals surface area contributed by atoms with Crippen molar-refractivity contribution < 1.29 is 9.53 Å². The van der Waals surface area contributed by atoms with E-state index in [1.54, 1.807) is 25.5 Å². The normalized spacial score (nSPS) is 12.1. The maximum Gasteiger partial charge on any atom is 0.253 e. The molecule has 0 unspecified atom stereocenters. The van der Waals surface area contributed by atoms with Crippen LogP contribution in [0.5, 0.6) is 5.75 Å². The van der Waals surface area contributed by atoms with E-state index in [1.165, 1.54) is 11.8 Å². The highest BCUT2D eigenvalue weighted by molar-refractivity contribution is 8.00. The smallest absolute Gasteiger partial charge is 0.253 e. The highest BCUT2D eigenvalue weighted by atomic mass is 35.5. The number of ether oxygens (including phenoxy) is 1. The molecule has 1 atom stereocenters. The van der Waals surface area contributed by atoms with Gasteiger partial charge in [0.05, 0.1) is 18.6 Å². The van der Waals surface area contributed by atoms with Crippen LogP contribution in [0, 0.1) is 0 Å². The van der Waals surface area contributed by atoms with Gasteiger partial charge in [-0.3, -0.25) is 4.79 Å². The first-order chi connectivity index (χ1) is 11.1. The molecule has 0 aliphatic rings. The fourth-order valence-corrected chi connectivity index (χ4v) is 2.74. The van der Waals surface area contributed by atoms with Crippen LogP contribution in [0.4, 0.5) is 0 Å². The fraction of sp³-hybridized carbons (Fsp3) is 0.176. The number of hydrogen-bond donors (Lipinski definition) is 1. The molecule has 2 aromatic rings. The van der Waals surface area contributed by atoms with Crippen LogP contribution >= 0.6 is 23.4 Å². The molecule has 0 aliphatic carbocycles. The fourth-order valence-electron chi connectivity index (χ4n) is 1.75. The molecule has 0 aromatic heterocycles. The van der Waals surface area contributed by atoms with Crippen LogP contribution in [0.25, 0.3) is 0 Å². The van der Waals surface area contributed by atoms with Gasteiger partial charge in [-0.25, -0.2) is 5.43 Å². The van der Waals surface area contributed by atoms with Crippen molar-refractivity contribution in [3.8, 4) is 5.75 Å². The average molecular weight is 349 g/mol. The van der Waals surface area contributed by atoms with Gasteiger partial charge < -0.3 is 4.74 Å². The molecule has 2 rings (SSSR count). The van der Waals surface area contributed by atoms with E-state index in [-0.39, 0.29) is 11.2 Å². The number of carbonyl (C=O) groups excluding carboxylic acids is 1. The minimum Gasteiger partial charge on any atom is -0.497 e. The predicted octanol–water partition coefficient (Wildman–Crippen LogP) is 3.98. The van der Waals surface area contributed by atoms with Crippen molar-refractivity contribution in [1.82, 2.24) is 5.43 Å². The second-order valence-electron chi connectivity index (χ2n) is 4.72. The predicted molar refractivity (Wildman–Crippen MR) is 95.5 cm³/mol. The average Bonchev–Trinajstić information content (AvgIpc) is 2.57. The van der Waals surface area contributed by atoms with Crippen LogP contribution in [0.15, 0.2) is 58.5 Å². The zero-order valence-electron chi connectivity index (χ0n) is 12.8. The van der Waals surface area contributed by atoms with E-state index in [2.05, 4.69) is 10.5 Å². The van der Waals surface area contributed by atoms with Gasteiger partial charge in [0.15, 0.2) is 0 Å². The van der Waals surface area contributed by atoms with Crippen LogP contribution < -0.4 is 10.2 Å². The Hall–Kier alpha value is -1.98. The number of methoxy groups -OCH3 is 1. The van der Waals surface area contributed by atoms with Crippen molar-refractivity contribution in [2.75, 3.05) is 7.11 Å². The summed E-state index contributed by atoms with van der Waals surface area (Å²) in [5, 5.41) is 4.39. The Bertz CT molecular complexity index is 689. The molecule has 1 amide bonds. The van der Waals surface area contributed by atoms with Gasteiger partial charge in [-0.2, -0.15) is 5.10 Å². The molecule has 2 aromatic carbocycles. The lowest BCUT2D eigenvalue weighted by Crippen LogP contribution is -2.26. The van der Waals surface area contributed by atoms with Gasteiger partial charge in [0.1, 0.15) is 5.75 Å². The van der Waals surface area contributed by atoms with Crippen molar-refractivity contribution in [1.29, 1.82) is 0 Å². The van der Waals surface area contributed by atoms with Crippen molar-refractivity contribution in [2.24, 2.45) is 5.10 Å². The summed E-state index contributed by atoms with van der Waals surface area (Å²) in [6, 6.07) is 14.8. The van der Waals surface area contributed by atoms with Gasteiger partial charge in [0, 0.05) is 9.92 Å². The Balaban J connectivity index is 1.88. The molecular formula is C17H17ClN2O2S. The highest BCUT2D eigenvalue weighted by Gasteiger charge is 2.13. The molecule has 0 saturated carbocycles. The van der Waals surface area contributed by atoms with Crippen molar-refractivity contribution in [3.05, 3.63) is 59.1 Å². The van der Waals surface area contributed by atoms with Crippen LogP contribution in [-0.4, -0.2) is 24.5 Å². The number of rotatable bonds is 6. The molecule has 120 valence electrons. The van der Waals surface area contributed by atoms with Crippen LogP contribution in [0.3, 0.4) is 0 Å². The monoisotopic (exact) mass is 348 g/mol. The molecule has 0 spiro atoms. The maximum absolute atomic E-state index is 12.0. The van der Waals surface area contributed by atoms with Crippen LogP contribution in [0.2, 0.25) is 5.02 Å². The number of amides is 1. The zero-order valence-corrected chi connectivity index (χ0v) is 14.4. The Morgan fingerprint density at radius 1 is 1.30 bits per heavy atom. The number of nitrogens with zero attached hydrogens (tertiary/aromatic N) is 1. The molecule has 0 radical (unpaired) electrons. The summed E-state index contributed by atoms with van der Waals surface area (Å²) in [6.07, 6.45) is 1.58. The third-order valence-electron chi connectivity index (χ3n) is 2.98. The lowest BCUT2D eigenvalue weighted by Gasteiger charge is -2.09. The highest BCUT2D eigenvalue weighted by Crippen LogP contribution is 2.24. The van der Waals surface area contributed by atoms with Crippen LogP contribution in [0.1, 0.15) is 12.5 Å². The summed E-state index contributed by atoms with van der Waals surface area (Å²) in [7, 11) is 1.60. The summed E-state index contributed by atoms with van der Waals surface area (Å²) >= 11 is 7.29. The first kappa shape index (κ1) is 17.4. The first-order valence-electron chi connectivity index (χ1n) is 6.97. The summed E-state index contributed by atoms with van der Waals surface area (Å²) in [4.78, 5) is 13.0. The quantitative estimate of drug-likeness (QED) is 0.488. The maximum atomic E-state index is 12.0. The number of hydrazone groups is 1. The summed E-state index contributed by atoms with van der Waals surface area (Å²) in [5.74, 6) is 0.580. The molecule has 23 heavy (non-hydrogen) atoms. The number of thioether (sulfide) groups is 1. The Kier molecular flexibility index (Phi) is 6.50. The molecule has 1 N–H and O–H groups in total. The van der Waals surface area contributed by atoms with Crippen molar-refractivity contribution in [2.45, 2.75) is 17.1 Å². The van der Waals surface area contributed by atoms with Crippen molar-refractivity contribution in [3.63, 3.8) is 0 Å². The third kappa shape index (κ3) is 5.62. The minimum absolute atomic E-state index is 0.163. The lowest BCUT2D eigenvalue weighted by atomic mass is 10.2. The Morgan fingerprint density at radius 2 is 2.04 bits per heavy atom. The van der Waals surface area contributed by atoms with E-state index < -0.39 is 0 Å². The number of halogens is 1. The van der Waals surface area contributed by atoms with E-state index in [0.29, 0.717) is 5.02 Å². The van der Waals surface area contributed by atoms with Gasteiger partial charge in [0.2, 0.25) is 0 Å². The third-order valence-corrected chi connectivity index (χ3v) is 4.34. The topological polar surface area (TPSA) is 50.7 Å². The SMILES string of the molecule is COc1cccc(/C=N\NC(=O)[C@@H](C)Sc2ccc(Cl)cc2)c1. The molecule has 0 aliphatic heterocycles. The van der Waals surface area contributed by atoms with E-state index >= 15 is 0 Å². The van der Waals surface area contributed by atoms with Gasteiger partial charge in [0.25, 0.3) is 5.91 Å². The van der Waals surface area contributed by atoms with Gasteiger partial charge in [-0.1, -0.05) is 23.7 Å². The van der Waals surface area contributed by atoms with Gasteiger partial charge in [-0.05, 0) is 48.9 Å². The summed E-state index contributed by atoms with van der Waals surface area (Å²) in [5.41, 5.74) is 3.39. The zero-order chi connectivity index (χ0) is 16.7.